The largest absolute Gasteiger partial charge is 0.339 e. The Hall–Kier alpha value is -0.810. The summed E-state index contributed by atoms with van der Waals surface area (Å²) >= 11 is 0. The number of piperazine rings is 1. The van der Waals surface area contributed by atoms with Gasteiger partial charge in [0.2, 0.25) is 11.8 Å². The fraction of sp³-hybridized carbons (Fsp3) is 0.889. The van der Waals surface area contributed by atoms with E-state index in [0.29, 0.717) is 11.8 Å². The third-order valence-electron chi connectivity index (χ3n) is 6.73. The summed E-state index contributed by atoms with van der Waals surface area (Å²) in [5, 5.41) is 3.26. The number of nitrogens with zero attached hydrogens (tertiary/aromatic N) is 2. The molecule has 1 saturated heterocycles. The molecule has 24 heavy (non-hydrogen) atoms. The molecule has 0 spiro atoms. The van der Waals surface area contributed by atoms with Crippen LogP contribution < -0.4 is 5.32 Å². The number of likely N-dealkylation sites (N-methyl/N-ethyl adjacent to an activating group) is 1. The molecule has 1 heterocycles. The quantitative estimate of drug-likeness (QED) is 0.832. The van der Waals surface area contributed by atoms with Crippen LogP contribution in [0.4, 0.5) is 0 Å². The van der Waals surface area contributed by atoms with E-state index in [4.69, 9.17) is 0 Å². The molecule has 1 aliphatic heterocycles. The number of carbonyl (C=O) groups excluding carboxylic acids is 2. The highest BCUT2D eigenvalue weighted by molar-refractivity contribution is 5.86. The Kier molecular flexibility index (Phi) is 5.40. The fourth-order valence-corrected chi connectivity index (χ4v) is 5.88. The maximum atomic E-state index is 13.0. The second kappa shape index (κ2) is 7.20. The SMILES string of the molecule is CN(CC(=O)N1CCNCC1)C(=O)C1C2CC3CC(C2)CC1C3.Cl. The van der Waals surface area contributed by atoms with Gasteiger partial charge in [-0.15, -0.1) is 12.4 Å². The number of amides is 2. The molecule has 4 aliphatic carbocycles. The zero-order valence-corrected chi connectivity index (χ0v) is 15.4. The topological polar surface area (TPSA) is 52.7 Å². The average molecular weight is 356 g/mol. The standard InChI is InChI=1S/C18H29N3O2.ClH/c1-20(11-16(22)21-4-2-19-3-5-21)18(23)17-14-7-12-6-13(9-14)10-15(17)8-12;/h12-15,17,19H,2-11H2,1H3;1H. The van der Waals surface area contributed by atoms with Gasteiger partial charge >= 0.3 is 0 Å². The van der Waals surface area contributed by atoms with Gasteiger partial charge in [-0.25, -0.2) is 0 Å². The number of nitrogens with one attached hydrogen (secondary N) is 1. The molecule has 136 valence electrons. The smallest absolute Gasteiger partial charge is 0.242 e. The average Bonchev–Trinajstić information content (AvgIpc) is 2.54. The third-order valence-corrected chi connectivity index (χ3v) is 6.73. The molecule has 5 aliphatic rings. The monoisotopic (exact) mass is 355 g/mol. The predicted octanol–water partition coefficient (Wildman–Crippen LogP) is 1.37. The Morgan fingerprint density at radius 1 is 1.00 bits per heavy atom. The summed E-state index contributed by atoms with van der Waals surface area (Å²) in [6, 6.07) is 0. The van der Waals surface area contributed by atoms with Crippen LogP contribution in [0.1, 0.15) is 32.1 Å². The van der Waals surface area contributed by atoms with Crippen molar-refractivity contribution in [3.8, 4) is 0 Å². The molecule has 0 unspecified atom stereocenters. The molecule has 4 saturated carbocycles. The molecule has 0 atom stereocenters. The first-order valence-electron chi connectivity index (χ1n) is 9.35. The fourth-order valence-electron chi connectivity index (χ4n) is 5.88. The van der Waals surface area contributed by atoms with E-state index in [9.17, 15) is 9.59 Å². The van der Waals surface area contributed by atoms with Crippen molar-refractivity contribution in [3.05, 3.63) is 0 Å². The lowest BCUT2D eigenvalue weighted by molar-refractivity contribution is -0.151. The highest BCUT2D eigenvalue weighted by Crippen LogP contribution is 2.56. The van der Waals surface area contributed by atoms with Gasteiger partial charge in [0, 0.05) is 39.1 Å². The van der Waals surface area contributed by atoms with Crippen LogP contribution in [-0.2, 0) is 9.59 Å². The molecule has 5 rings (SSSR count). The van der Waals surface area contributed by atoms with Crippen molar-refractivity contribution >= 4 is 24.2 Å². The van der Waals surface area contributed by atoms with Crippen molar-refractivity contribution in [1.82, 2.24) is 15.1 Å². The molecule has 5 nitrogen and oxygen atoms in total. The van der Waals surface area contributed by atoms with Crippen molar-refractivity contribution in [2.45, 2.75) is 32.1 Å². The molecular weight excluding hydrogens is 326 g/mol. The van der Waals surface area contributed by atoms with Crippen LogP contribution in [-0.4, -0.2) is 61.4 Å². The van der Waals surface area contributed by atoms with Crippen molar-refractivity contribution in [3.63, 3.8) is 0 Å². The Morgan fingerprint density at radius 2 is 1.54 bits per heavy atom. The van der Waals surface area contributed by atoms with Crippen LogP contribution in [0, 0.1) is 29.6 Å². The van der Waals surface area contributed by atoms with Crippen molar-refractivity contribution < 1.29 is 9.59 Å². The molecular formula is C18H30ClN3O2. The summed E-state index contributed by atoms with van der Waals surface area (Å²) in [6.07, 6.45) is 6.42. The lowest BCUT2D eigenvalue weighted by Crippen LogP contribution is -2.54. The predicted molar refractivity (Wildman–Crippen MR) is 94.9 cm³/mol. The maximum Gasteiger partial charge on any atom is 0.242 e. The maximum absolute atomic E-state index is 13.0. The minimum Gasteiger partial charge on any atom is -0.339 e. The summed E-state index contributed by atoms with van der Waals surface area (Å²) in [5.41, 5.74) is 0. The Bertz CT molecular complexity index is 465. The second-order valence-electron chi connectivity index (χ2n) is 8.28. The molecule has 6 heteroatoms. The van der Waals surface area contributed by atoms with Crippen LogP contribution in [0.2, 0.25) is 0 Å². The minimum atomic E-state index is 0. The number of hydrogen-bond donors (Lipinski definition) is 1. The molecule has 4 bridgehead atoms. The van der Waals surface area contributed by atoms with E-state index < -0.39 is 0 Å². The normalized spacial score (nSPS) is 37.0. The zero-order valence-electron chi connectivity index (χ0n) is 14.6. The molecule has 0 aromatic carbocycles. The number of hydrogen-bond acceptors (Lipinski definition) is 3. The summed E-state index contributed by atoms with van der Waals surface area (Å²) in [7, 11) is 1.83. The van der Waals surface area contributed by atoms with Gasteiger partial charge in [-0.2, -0.15) is 0 Å². The Balaban J connectivity index is 0.00000169. The molecule has 0 aromatic heterocycles. The summed E-state index contributed by atoms with van der Waals surface area (Å²) < 4.78 is 0. The van der Waals surface area contributed by atoms with Gasteiger partial charge in [-0.3, -0.25) is 9.59 Å². The van der Waals surface area contributed by atoms with Crippen LogP contribution >= 0.6 is 12.4 Å². The van der Waals surface area contributed by atoms with E-state index in [2.05, 4.69) is 5.32 Å². The first-order chi connectivity index (χ1) is 11.1. The minimum absolute atomic E-state index is 0. The van der Waals surface area contributed by atoms with E-state index in [1.165, 1.54) is 32.1 Å². The first kappa shape index (κ1) is 18.0. The molecule has 0 aromatic rings. The van der Waals surface area contributed by atoms with Crippen molar-refractivity contribution in [1.29, 1.82) is 0 Å². The summed E-state index contributed by atoms with van der Waals surface area (Å²) in [4.78, 5) is 29.0. The summed E-state index contributed by atoms with van der Waals surface area (Å²) in [6.45, 7) is 3.50. The van der Waals surface area contributed by atoms with E-state index in [1.54, 1.807) is 4.90 Å². The Labute approximate surface area is 150 Å². The number of carbonyl (C=O) groups is 2. The van der Waals surface area contributed by atoms with E-state index >= 15 is 0 Å². The van der Waals surface area contributed by atoms with Crippen LogP contribution in [0.3, 0.4) is 0 Å². The van der Waals surface area contributed by atoms with Gasteiger partial charge < -0.3 is 15.1 Å². The second-order valence-corrected chi connectivity index (χ2v) is 8.28. The van der Waals surface area contributed by atoms with Crippen molar-refractivity contribution in [2.24, 2.45) is 29.6 Å². The zero-order chi connectivity index (χ0) is 16.0. The highest BCUT2D eigenvalue weighted by Gasteiger charge is 2.51. The van der Waals surface area contributed by atoms with Crippen LogP contribution in [0.25, 0.3) is 0 Å². The molecule has 0 radical (unpaired) electrons. The van der Waals surface area contributed by atoms with Gasteiger partial charge in [0.05, 0.1) is 6.54 Å². The van der Waals surface area contributed by atoms with Crippen LogP contribution in [0.15, 0.2) is 0 Å². The lowest BCUT2D eigenvalue weighted by Gasteiger charge is -2.54. The van der Waals surface area contributed by atoms with E-state index in [-0.39, 0.29) is 36.7 Å². The van der Waals surface area contributed by atoms with Gasteiger partial charge in [-0.1, -0.05) is 0 Å². The Morgan fingerprint density at radius 3 is 2.08 bits per heavy atom. The molecule has 5 fully saturated rings. The van der Waals surface area contributed by atoms with Gasteiger partial charge in [-0.05, 0) is 55.8 Å². The molecule has 2 amide bonds. The van der Waals surface area contributed by atoms with Gasteiger partial charge in [0.1, 0.15) is 0 Å². The van der Waals surface area contributed by atoms with Gasteiger partial charge in [0.15, 0.2) is 0 Å². The first-order valence-corrected chi connectivity index (χ1v) is 9.35. The van der Waals surface area contributed by atoms with E-state index in [0.717, 1.165) is 38.0 Å². The van der Waals surface area contributed by atoms with E-state index in [1.807, 2.05) is 11.9 Å². The van der Waals surface area contributed by atoms with Gasteiger partial charge in [0.25, 0.3) is 0 Å². The number of halogens is 1. The molecule has 1 N–H and O–H groups in total. The third kappa shape index (κ3) is 3.30. The highest BCUT2D eigenvalue weighted by atomic mass is 35.5. The van der Waals surface area contributed by atoms with Crippen molar-refractivity contribution in [2.75, 3.05) is 39.8 Å². The van der Waals surface area contributed by atoms with Crippen LogP contribution in [0.5, 0.6) is 0 Å². The summed E-state index contributed by atoms with van der Waals surface area (Å²) in [5.74, 6) is 3.49. The number of rotatable bonds is 3. The lowest BCUT2D eigenvalue weighted by atomic mass is 9.51.